The van der Waals surface area contributed by atoms with Crippen LogP contribution in [0.3, 0.4) is 0 Å². The van der Waals surface area contributed by atoms with E-state index in [1.54, 1.807) is 46.6 Å². The van der Waals surface area contributed by atoms with Crippen molar-refractivity contribution in [1.29, 1.82) is 0 Å². The van der Waals surface area contributed by atoms with Crippen LogP contribution in [0.5, 0.6) is 0 Å². The van der Waals surface area contributed by atoms with E-state index < -0.39 is 0 Å². The molecule has 4 rings (SSSR count). The van der Waals surface area contributed by atoms with Gasteiger partial charge in [-0.2, -0.15) is 0 Å². The SMILES string of the molecule is Cc1ccc2c(=O)c(-c3ccc(Cl)cc3)cn(CC(=O)Nc3nccs3)c2c1. The molecule has 0 fully saturated rings. The van der Waals surface area contributed by atoms with Crippen LogP contribution in [0.4, 0.5) is 5.13 Å². The summed E-state index contributed by atoms with van der Waals surface area (Å²) in [5, 5.41) is 6.30. The van der Waals surface area contributed by atoms with E-state index in [0.717, 1.165) is 16.6 Å². The molecule has 0 aliphatic heterocycles. The third-order valence-corrected chi connectivity index (χ3v) is 5.33. The van der Waals surface area contributed by atoms with Gasteiger partial charge in [-0.05, 0) is 42.3 Å². The molecule has 0 aliphatic rings. The van der Waals surface area contributed by atoms with Crippen molar-refractivity contribution in [2.45, 2.75) is 13.5 Å². The van der Waals surface area contributed by atoms with Crippen LogP contribution in [0.2, 0.25) is 5.02 Å². The second-order valence-corrected chi connectivity index (χ2v) is 7.74. The zero-order valence-corrected chi connectivity index (χ0v) is 16.6. The number of aryl methyl sites for hydroxylation is 1. The molecule has 5 nitrogen and oxygen atoms in total. The number of fused-ring (bicyclic) bond motifs is 1. The molecule has 0 spiro atoms. The Morgan fingerprint density at radius 1 is 1.21 bits per heavy atom. The monoisotopic (exact) mass is 409 g/mol. The topological polar surface area (TPSA) is 64.0 Å². The van der Waals surface area contributed by atoms with Crippen LogP contribution >= 0.6 is 22.9 Å². The number of halogens is 1. The van der Waals surface area contributed by atoms with E-state index in [4.69, 9.17) is 11.6 Å². The number of aromatic nitrogens is 2. The van der Waals surface area contributed by atoms with Crippen LogP contribution in [0, 0.1) is 6.92 Å². The molecule has 2 aromatic carbocycles. The van der Waals surface area contributed by atoms with Gasteiger partial charge in [-0.3, -0.25) is 9.59 Å². The summed E-state index contributed by atoms with van der Waals surface area (Å²) < 4.78 is 1.80. The number of nitrogens with one attached hydrogen (secondary N) is 1. The third kappa shape index (κ3) is 3.69. The lowest BCUT2D eigenvalue weighted by Crippen LogP contribution is -2.21. The predicted octanol–water partition coefficient (Wildman–Crippen LogP) is 4.73. The summed E-state index contributed by atoms with van der Waals surface area (Å²) in [6.07, 6.45) is 3.37. The Bertz CT molecular complexity index is 1220. The highest BCUT2D eigenvalue weighted by Crippen LogP contribution is 2.23. The Morgan fingerprint density at radius 2 is 2.00 bits per heavy atom. The van der Waals surface area contributed by atoms with Crippen molar-refractivity contribution >= 4 is 44.9 Å². The molecule has 7 heteroatoms. The molecule has 0 atom stereocenters. The van der Waals surface area contributed by atoms with Crippen LogP contribution < -0.4 is 10.7 Å². The highest BCUT2D eigenvalue weighted by atomic mass is 35.5. The van der Waals surface area contributed by atoms with Gasteiger partial charge in [0.25, 0.3) is 0 Å². The van der Waals surface area contributed by atoms with Crippen LogP contribution in [-0.2, 0) is 11.3 Å². The van der Waals surface area contributed by atoms with Gasteiger partial charge in [0.15, 0.2) is 10.6 Å². The first-order valence-electron chi connectivity index (χ1n) is 8.60. The molecule has 2 heterocycles. The lowest BCUT2D eigenvalue weighted by molar-refractivity contribution is -0.116. The fraction of sp³-hybridized carbons (Fsp3) is 0.0952. The second-order valence-electron chi connectivity index (χ2n) is 6.41. The minimum atomic E-state index is -0.205. The smallest absolute Gasteiger partial charge is 0.246 e. The number of carbonyl (C=O) groups is 1. The number of pyridine rings is 1. The maximum absolute atomic E-state index is 13.1. The van der Waals surface area contributed by atoms with E-state index in [1.165, 1.54) is 11.3 Å². The lowest BCUT2D eigenvalue weighted by atomic mass is 10.0. The van der Waals surface area contributed by atoms with Crippen LogP contribution in [0.25, 0.3) is 22.0 Å². The van der Waals surface area contributed by atoms with Gasteiger partial charge < -0.3 is 9.88 Å². The molecule has 1 N–H and O–H groups in total. The average molecular weight is 410 g/mol. The van der Waals surface area contributed by atoms with E-state index in [9.17, 15) is 9.59 Å². The third-order valence-electron chi connectivity index (χ3n) is 4.38. The van der Waals surface area contributed by atoms with Crippen molar-refractivity contribution in [3.05, 3.63) is 81.0 Å². The first-order valence-corrected chi connectivity index (χ1v) is 9.86. The zero-order chi connectivity index (χ0) is 19.7. The Kier molecular flexibility index (Phi) is 4.98. The van der Waals surface area contributed by atoms with Crippen molar-refractivity contribution in [3.8, 4) is 11.1 Å². The van der Waals surface area contributed by atoms with Gasteiger partial charge in [0.1, 0.15) is 6.54 Å². The molecule has 1 amide bonds. The van der Waals surface area contributed by atoms with E-state index >= 15 is 0 Å². The minimum Gasteiger partial charge on any atom is -0.337 e. The number of benzene rings is 2. The fourth-order valence-corrected chi connectivity index (χ4v) is 3.74. The maximum Gasteiger partial charge on any atom is 0.246 e. The quantitative estimate of drug-likeness (QED) is 0.530. The number of rotatable bonds is 4. The maximum atomic E-state index is 13.1. The van der Waals surface area contributed by atoms with Crippen molar-refractivity contribution < 1.29 is 4.79 Å². The molecule has 140 valence electrons. The molecule has 0 saturated heterocycles. The summed E-state index contributed by atoms with van der Waals surface area (Å²) in [5.74, 6) is -0.205. The summed E-state index contributed by atoms with van der Waals surface area (Å²) >= 11 is 7.33. The summed E-state index contributed by atoms with van der Waals surface area (Å²) in [4.78, 5) is 29.7. The number of hydrogen-bond donors (Lipinski definition) is 1. The van der Waals surface area contributed by atoms with Gasteiger partial charge in [-0.25, -0.2) is 4.98 Å². The second kappa shape index (κ2) is 7.58. The van der Waals surface area contributed by atoms with Gasteiger partial charge in [-0.1, -0.05) is 29.8 Å². The summed E-state index contributed by atoms with van der Waals surface area (Å²) in [6, 6.07) is 12.7. The molecule has 0 unspecified atom stereocenters. The fourth-order valence-electron chi connectivity index (χ4n) is 3.06. The summed E-state index contributed by atoms with van der Waals surface area (Å²) in [5.41, 5.74) is 2.94. The van der Waals surface area contributed by atoms with Crippen molar-refractivity contribution in [2.75, 3.05) is 5.32 Å². The van der Waals surface area contributed by atoms with Crippen molar-refractivity contribution in [1.82, 2.24) is 9.55 Å². The van der Waals surface area contributed by atoms with Crippen molar-refractivity contribution in [3.63, 3.8) is 0 Å². The van der Waals surface area contributed by atoms with E-state index in [2.05, 4.69) is 10.3 Å². The number of hydrogen-bond acceptors (Lipinski definition) is 4. The first kappa shape index (κ1) is 18.4. The normalized spacial score (nSPS) is 10.9. The Labute approximate surface area is 170 Å². The number of thiazole rings is 1. The summed E-state index contributed by atoms with van der Waals surface area (Å²) in [7, 11) is 0. The molecule has 0 bridgehead atoms. The van der Waals surface area contributed by atoms with Gasteiger partial charge in [-0.15, -0.1) is 11.3 Å². The van der Waals surface area contributed by atoms with Crippen LogP contribution in [0.15, 0.2) is 65.0 Å². The Hall–Kier alpha value is -2.96. The van der Waals surface area contributed by atoms with Gasteiger partial charge >= 0.3 is 0 Å². The number of amides is 1. The Balaban J connectivity index is 1.82. The van der Waals surface area contributed by atoms with E-state index in [0.29, 0.717) is 21.1 Å². The minimum absolute atomic E-state index is 0.0698. The largest absolute Gasteiger partial charge is 0.337 e. The highest BCUT2D eigenvalue weighted by Gasteiger charge is 2.14. The van der Waals surface area contributed by atoms with Gasteiger partial charge in [0.2, 0.25) is 5.91 Å². The molecule has 0 aliphatic carbocycles. The van der Waals surface area contributed by atoms with Crippen molar-refractivity contribution in [2.24, 2.45) is 0 Å². The molecule has 4 aromatic rings. The highest BCUT2D eigenvalue weighted by molar-refractivity contribution is 7.13. The van der Waals surface area contributed by atoms with E-state index in [1.807, 2.05) is 25.1 Å². The number of carbonyl (C=O) groups excluding carboxylic acids is 1. The van der Waals surface area contributed by atoms with Gasteiger partial charge in [0.05, 0.1) is 5.52 Å². The number of anilines is 1. The van der Waals surface area contributed by atoms with Crippen LogP contribution in [-0.4, -0.2) is 15.5 Å². The number of nitrogens with zero attached hydrogens (tertiary/aromatic N) is 2. The molecule has 0 radical (unpaired) electrons. The molecule has 28 heavy (non-hydrogen) atoms. The Morgan fingerprint density at radius 3 is 2.71 bits per heavy atom. The zero-order valence-electron chi connectivity index (χ0n) is 15.0. The molecule has 0 saturated carbocycles. The molecular weight excluding hydrogens is 394 g/mol. The molecular formula is C21H16ClN3O2S. The standard InChI is InChI=1S/C21H16ClN3O2S/c1-13-2-7-16-18(10-13)25(12-19(26)24-21-23-8-9-28-21)11-17(20(16)27)14-3-5-15(22)6-4-14/h2-11H,12H2,1H3,(H,23,24,26). The average Bonchev–Trinajstić information content (AvgIpc) is 3.17. The molecule has 2 aromatic heterocycles. The van der Waals surface area contributed by atoms with Crippen LogP contribution in [0.1, 0.15) is 5.56 Å². The van der Waals surface area contributed by atoms with E-state index in [-0.39, 0.29) is 17.9 Å². The predicted molar refractivity (Wildman–Crippen MR) is 114 cm³/mol. The first-order chi connectivity index (χ1) is 13.5. The lowest BCUT2D eigenvalue weighted by Gasteiger charge is -2.14. The van der Waals surface area contributed by atoms with Gasteiger partial charge in [0, 0.05) is 33.7 Å². The summed E-state index contributed by atoms with van der Waals surface area (Å²) in [6.45, 7) is 2.03.